The van der Waals surface area contributed by atoms with Gasteiger partial charge in [0.05, 0.1) is 12.5 Å². The third-order valence-electron chi connectivity index (χ3n) is 6.02. The van der Waals surface area contributed by atoms with Crippen LogP contribution < -0.4 is 10.2 Å². The number of aromatic nitrogens is 2. The molecule has 1 amide bonds. The van der Waals surface area contributed by atoms with Crippen LogP contribution in [0, 0.1) is 0 Å². The highest BCUT2D eigenvalue weighted by Crippen LogP contribution is 2.21. The van der Waals surface area contributed by atoms with E-state index in [1.54, 1.807) is 17.1 Å². The van der Waals surface area contributed by atoms with Gasteiger partial charge in [0.1, 0.15) is 5.69 Å². The molecule has 4 aromatic rings. The molecule has 166 valence electrons. The van der Waals surface area contributed by atoms with Crippen molar-refractivity contribution in [3.63, 3.8) is 0 Å². The van der Waals surface area contributed by atoms with Crippen LogP contribution in [0.5, 0.6) is 0 Å². The summed E-state index contributed by atoms with van der Waals surface area (Å²) in [7, 11) is 0. The van der Waals surface area contributed by atoms with Gasteiger partial charge < -0.3 is 10.2 Å². The molecule has 1 N–H and O–H groups in total. The Balaban J connectivity index is 1.18. The third-order valence-corrected chi connectivity index (χ3v) is 6.02. The van der Waals surface area contributed by atoms with Crippen molar-refractivity contribution in [1.29, 1.82) is 0 Å². The number of carbonyl (C=O) groups is 1. The van der Waals surface area contributed by atoms with Gasteiger partial charge in [-0.2, -0.15) is 0 Å². The molecule has 1 fully saturated rings. The quantitative estimate of drug-likeness (QED) is 0.484. The normalized spacial score (nSPS) is 14.2. The molecule has 6 nitrogen and oxygen atoms in total. The molecule has 0 aliphatic carbocycles. The van der Waals surface area contributed by atoms with Gasteiger partial charge in [-0.1, -0.05) is 48.5 Å². The summed E-state index contributed by atoms with van der Waals surface area (Å²) in [4.78, 5) is 21.9. The van der Waals surface area contributed by atoms with E-state index in [0.29, 0.717) is 5.69 Å². The van der Waals surface area contributed by atoms with Crippen LogP contribution in [-0.2, 0) is 6.54 Å². The molecule has 0 radical (unpaired) electrons. The van der Waals surface area contributed by atoms with Crippen LogP contribution in [0.3, 0.4) is 0 Å². The number of amides is 1. The molecule has 3 aromatic carbocycles. The van der Waals surface area contributed by atoms with Crippen LogP contribution >= 0.6 is 0 Å². The molecule has 1 aromatic heterocycles. The largest absolute Gasteiger partial charge is 0.369 e. The Kier molecular flexibility index (Phi) is 6.17. The lowest BCUT2D eigenvalue weighted by atomic mass is 10.2. The fraction of sp³-hybridized carbons (Fsp3) is 0.185. The minimum absolute atomic E-state index is 0.182. The van der Waals surface area contributed by atoms with Gasteiger partial charge in [0.2, 0.25) is 0 Å². The number of hydrogen-bond donors (Lipinski definition) is 1. The summed E-state index contributed by atoms with van der Waals surface area (Å²) in [6, 6.07) is 28.5. The van der Waals surface area contributed by atoms with E-state index in [4.69, 9.17) is 0 Å². The Morgan fingerprint density at radius 2 is 1.45 bits per heavy atom. The number of para-hydroxylation sites is 1. The highest BCUT2D eigenvalue weighted by atomic mass is 16.2. The average molecular weight is 438 g/mol. The van der Waals surface area contributed by atoms with E-state index in [2.05, 4.69) is 62.6 Å². The molecule has 1 saturated heterocycles. The molecular formula is C27H27N5O. The van der Waals surface area contributed by atoms with Gasteiger partial charge in [-0.05, 0) is 42.0 Å². The summed E-state index contributed by atoms with van der Waals surface area (Å²) in [5.41, 5.74) is 4.72. The van der Waals surface area contributed by atoms with Crippen molar-refractivity contribution >= 4 is 17.3 Å². The number of benzene rings is 3. The van der Waals surface area contributed by atoms with Crippen LogP contribution in [0.1, 0.15) is 16.1 Å². The molecule has 0 unspecified atom stereocenters. The number of anilines is 2. The van der Waals surface area contributed by atoms with E-state index < -0.39 is 0 Å². The first-order chi connectivity index (χ1) is 16.3. The zero-order valence-electron chi connectivity index (χ0n) is 18.5. The van der Waals surface area contributed by atoms with Crippen LogP contribution in [-0.4, -0.2) is 46.5 Å². The molecular weight excluding hydrogens is 410 g/mol. The standard InChI is InChI=1S/C27H27N5O/c33-27(26-19-28-21-32(26)25-9-5-2-6-10-25)29-23-11-13-24(14-12-23)31-17-15-30(16-18-31)20-22-7-3-1-4-8-22/h1-14,19,21H,15-18,20H2,(H,29,33). The molecule has 0 spiro atoms. The Morgan fingerprint density at radius 3 is 2.15 bits per heavy atom. The smallest absolute Gasteiger partial charge is 0.274 e. The summed E-state index contributed by atoms with van der Waals surface area (Å²) in [6.45, 7) is 5.07. The van der Waals surface area contributed by atoms with Crippen molar-refractivity contribution in [2.75, 3.05) is 36.4 Å². The number of imidazole rings is 1. The van der Waals surface area contributed by atoms with Crippen molar-refractivity contribution in [2.24, 2.45) is 0 Å². The summed E-state index contributed by atoms with van der Waals surface area (Å²) in [5.74, 6) is -0.182. The number of piperazine rings is 1. The van der Waals surface area contributed by atoms with E-state index in [-0.39, 0.29) is 5.91 Å². The second-order valence-electron chi connectivity index (χ2n) is 8.23. The van der Waals surface area contributed by atoms with Crippen LogP contribution in [0.15, 0.2) is 97.5 Å². The van der Waals surface area contributed by atoms with Crippen molar-refractivity contribution in [2.45, 2.75) is 6.54 Å². The molecule has 0 saturated carbocycles. The van der Waals surface area contributed by atoms with Crippen LogP contribution in [0.2, 0.25) is 0 Å². The monoisotopic (exact) mass is 437 g/mol. The lowest BCUT2D eigenvalue weighted by Gasteiger charge is -2.36. The fourth-order valence-corrected chi connectivity index (χ4v) is 4.21. The first-order valence-corrected chi connectivity index (χ1v) is 11.3. The molecule has 0 atom stereocenters. The summed E-state index contributed by atoms with van der Waals surface area (Å²) >= 11 is 0. The molecule has 2 heterocycles. The average Bonchev–Trinajstić information content (AvgIpc) is 3.37. The molecule has 1 aliphatic heterocycles. The van der Waals surface area contributed by atoms with E-state index in [0.717, 1.165) is 44.1 Å². The molecule has 33 heavy (non-hydrogen) atoms. The van der Waals surface area contributed by atoms with Crippen LogP contribution in [0.4, 0.5) is 11.4 Å². The topological polar surface area (TPSA) is 53.4 Å². The van der Waals surface area contributed by atoms with Crippen LogP contribution in [0.25, 0.3) is 5.69 Å². The minimum atomic E-state index is -0.182. The van der Waals surface area contributed by atoms with E-state index in [9.17, 15) is 4.79 Å². The van der Waals surface area contributed by atoms with Gasteiger partial charge >= 0.3 is 0 Å². The predicted molar refractivity (Wildman–Crippen MR) is 132 cm³/mol. The fourth-order valence-electron chi connectivity index (χ4n) is 4.21. The Morgan fingerprint density at radius 1 is 0.788 bits per heavy atom. The number of carbonyl (C=O) groups excluding carboxylic acids is 1. The third kappa shape index (κ3) is 4.96. The van der Waals surface area contributed by atoms with E-state index >= 15 is 0 Å². The second kappa shape index (κ2) is 9.71. The number of nitrogens with zero attached hydrogens (tertiary/aromatic N) is 4. The molecule has 5 rings (SSSR count). The van der Waals surface area contributed by atoms with Gasteiger partial charge in [-0.25, -0.2) is 4.98 Å². The second-order valence-corrected chi connectivity index (χ2v) is 8.23. The minimum Gasteiger partial charge on any atom is -0.369 e. The van der Waals surface area contributed by atoms with E-state index in [1.165, 1.54) is 11.3 Å². The molecule has 1 aliphatic rings. The predicted octanol–water partition coefficient (Wildman–Crippen LogP) is 4.45. The Labute approximate surface area is 194 Å². The molecule has 0 bridgehead atoms. The van der Waals surface area contributed by atoms with Gasteiger partial charge in [0.25, 0.3) is 5.91 Å². The van der Waals surface area contributed by atoms with Crippen molar-refractivity contribution in [3.05, 3.63) is 109 Å². The Hall–Kier alpha value is -3.90. The maximum absolute atomic E-state index is 12.9. The lowest BCUT2D eigenvalue weighted by molar-refractivity contribution is 0.102. The SMILES string of the molecule is O=C(Nc1ccc(N2CCN(Cc3ccccc3)CC2)cc1)c1cncn1-c1ccccc1. The number of rotatable bonds is 6. The van der Waals surface area contributed by atoms with Crippen molar-refractivity contribution in [3.8, 4) is 5.69 Å². The first-order valence-electron chi connectivity index (χ1n) is 11.3. The highest BCUT2D eigenvalue weighted by Gasteiger charge is 2.18. The maximum Gasteiger partial charge on any atom is 0.274 e. The van der Waals surface area contributed by atoms with E-state index in [1.807, 2.05) is 42.5 Å². The zero-order chi connectivity index (χ0) is 22.5. The van der Waals surface area contributed by atoms with Gasteiger partial charge in [-0.15, -0.1) is 0 Å². The van der Waals surface area contributed by atoms with Gasteiger partial charge in [-0.3, -0.25) is 14.3 Å². The summed E-state index contributed by atoms with van der Waals surface area (Å²) < 4.78 is 1.79. The summed E-state index contributed by atoms with van der Waals surface area (Å²) in [6.07, 6.45) is 3.25. The van der Waals surface area contributed by atoms with Gasteiger partial charge in [0, 0.05) is 49.8 Å². The van der Waals surface area contributed by atoms with Crippen molar-refractivity contribution in [1.82, 2.24) is 14.5 Å². The first kappa shape index (κ1) is 21.0. The Bertz CT molecular complexity index is 1180. The zero-order valence-corrected chi connectivity index (χ0v) is 18.5. The lowest BCUT2D eigenvalue weighted by Crippen LogP contribution is -2.45. The summed E-state index contributed by atoms with van der Waals surface area (Å²) in [5, 5.41) is 2.99. The van der Waals surface area contributed by atoms with Gasteiger partial charge in [0.15, 0.2) is 0 Å². The molecule has 6 heteroatoms. The van der Waals surface area contributed by atoms with Crippen molar-refractivity contribution < 1.29 is 4.79 Å². The highest BCUT2D eigenvalue weighted by molar-refractivity contribution is 6.03. The number of nitrogens with one attached hydrogen (secondary N) is 1. The number of hydrogen-bond acceptors (Lipinski definition) is 4. The maximum atomic E-state index is 12.9.